The van der Waals surface area contributed by atoms with Gasteiger partial charge in [-0.1, -0.05) is 12.1 Å². The Labute approximate surface area is 177 Å². The van der Waals surface area contributed by atoms with Crippen molar-refractivity contribution in [1.29, 1.82) is 0 Å². The fourth-order valence-electron chi connectivity index (χ4n) is 4.55. The minimum Gasteiger partial charge on any atom is -0.488 e. The second-order valence-electron chi connectivity index (χ2n) is 8.51. The Morgan fingerprint density at radius 3 is 2.43 bits per heavy atom. The maximum Gasteiger partial charge on any atom is 0.256 e. The number of hydrogen-bond acceptors (Lipinski definition) is 6. The van der Waals surface area contributed by atoms with Crippen LogP contribution in [-0.2, 0) is 9.59 Å². The van der Waals surface area contributed by atoms with Crippen LogP contribution in [0.15, 0.2) is 35.9 Å². The number of carbonyl (C=O) groups is 2. The molecule has 1 atom stereocenters. The number of carbonyl (C=O) groups excluding carboxylic acids is 2. The number of anilines is 1. The molecule has 2 fully saturated rings. The molecule has 3 aliphatic rings. The molecule has 0 aromatic heterocycles. The Morgan fingerprint density at radius 1 is 1.07 bits per heavy atom. The van der Waals surface area contributed by atoms with E-state index in [0.717, 1.165) is 55.4 Å². The summed E-state index contributed by atoms with van der Waals surface area (Å²) in [4.78, 5) is 29.5. The molecule has 30 heavy (non-hydrogen) atoms. The lowest BCUT2D eigenvalue weighted by atomic mass is 10.2. The number of para-hydroxylation sites is 2. The first-order valence-electron chi connectivity index (χ1n) is 11.0. The van der Waals surface area contributed by atoms with Crippen molar-refractivity contribution < 1.29 is 19.4 Å². The molecule has 0 radical (unpaired) electrons. The molecule has 7 heteroatoms. The summed E-state index contributed by atoms with van der Waals surface area (Å²) in [5.74, 6) is 0.329. The lowest BCUT2D eigenvalue weighted by Gasteiger charge is -2.38. The van der Waals surface area contributed by atoms with Crippen LogP contribution in [-0.4, -0.2) is 78.2 Å². The van der Waals surface area contributed by atoms with E-state index in [2.05, 4.69) is 21.9 Å². The van der Waals surface area contributed by atoms with Gasteiger partial charge in [-0.05, 0) is 44.7 Å². The highest BCUT2D eigenvalue weighted by atomic mass is 16.5. The maximum atomic E-state index is 12.0. The number of hydrogen-bond donors (Lipinski definition) is 1. The largest absolute Gasteiger partial charge is 0.488 e. The van der Waals surface area contributed by atoms with E-state index in [1.807, 2.05) is 12.1 Å². The third-order valence-electron chi connectivity index (χ3n) is 6.22. The van der Waals surface area contributed by atoms with Gasteiger partial charge < -0.3 is 14.7 Å². The van der Waals surface area contributed by atoms with Crippen molar-refractivity contribution in [2.75, 3.05) is 44.2 Å². The van der Waals surface area contributed by atoms with E-state index >= 15 is 0 Å². The maximum absolute atomic E-state index is 12.0. The minimum atomic E-state index is -0.748. The Balaban J connectivity index is 1.28. The summed E-state index contributed by atoms with van der Waals surface area (Å²) in [5, 5.41) is 10.4. The molecule has 1 aliphatic carbocycles. The average Bonchev–Trinajstić information content (AvgIpc) is 3.33. The number of aliphatic hydroxyl groups is 1. The van der Waals surface area contributed by atoms with Crippen LogP contribution in [0, 0.1) is 0 Å². The Bertz CT molecular complexity index is 810. The fourth-order valence-corrected chi connectivity index (χ4v) is 4.55. The van der Waals surface area contributed by atoms with Gasteiger partial charge in [-0.25, -0.2) is 0 Å². The molecule has 1 saturated heterocycles. The zero-order valence-corrected chi connectivity index (χ0v) is 17.6. The Hall–Kier alpha value is -2.38. The summed E-state index contributed by atoms with van der Waals surface area (Å²) < 4.78 is 6.28. The molecule has 2 aliphatic heterocycles. The van der Waals surface area contributed by atoms with Gasteiger partial charge in [0, 0.05) is 44.4 Å². The minimum absolute atomic E-state index is 0.0454. The Morgan fingerprint density at radius 2 is 1.77 bits per heavy atom. The van der Waals surface area contributed by atoms with Crippen molar-refractivity contribution in [3.05, 3.63) is 35.9 Å². The first-order chi connectivity index (χ1) is 14.5. The zero-order valence-electron chi connectivity index (χ0n) is 17.6. The molecule has 1 unspecified atom stereocenters. The van der Waals surface area contributed by atoms with Crippen molar-refractivity contribution in [3.8, 4) is 5.75 Å². The number of imide groups is 1. The lowest BCUT2D eigenvalue weighted by molar-refractivity contribution is -0.139. The lowest BCUT2D eigenvalue weighted by Crippen LogP contribution is -2.50. The first-order valence-corrected chi connectivity index (χ1v) is 11.0. The summed E-state index contributed by atoms with van der Waals surface area (Å²) in [5.41, 5.74) is 1.57. The standard InChI is InChI=1S/C23H31N3O4/c1-17-14-22(28)26(23(17)29)16-18(27)15-24-10-12-25(13-11-24)20-8-4-5-9-21(20)30-19-6-2-3-7-19/h4-5,8-9,14,18-19,27H,2-3,6-7,10-13,15-16H2,1H3. The van der Waals surface area contributed by atoms with Crippen molar-refractivity contribution in [2.24, 2.45) is 0 Å². The van der Waals surface area contributed by atoms with Crippen molar-refractivity contribution in [1.82, 2.24) is 9.80 Å². The third-order valence-corrected chi connectivity index (χ3v) is 6.22. The van der Waals surface area contributed by atoms with E-state index in [1.165, 1.54) is 18.9 Å². The van der Waals surface area contributed by atoms with Crippen molar-refractivity contribution in [2.45, 2.75) is 44.8 Å². The molecule has 4 rings (SSSR count). The Kier molecular flexibility index (Phi) is 6.39. The average molecular weight is 414 g/mol. The van der Waals surface area contributed by atoms with E-state index in [0.29, 0.717) is 18.2 Å². The highest BCUT2D eigenvalue weighted by molar-refractivity contribution is 6.15. The number of ether oxygens (including phenoxy) is 1. The first kappa shape index (κ1) is 20.9. The monoisotopic (exact) mass is 413 g/mol. The van der Waals surface area contributed by atoms with Gasteiger partial charge in [-0.2, -0.15) is 0 Å². The van der Waals surface area contributed by atoms with Crippen LogP contribution in [0.25, 0.3) is 0 Å². The van der Waals surface area contributed by atoms with Crippen LogP contribution < -0.4 is 9.64 Å². The highest BCUT2D eigenvalue weighted by Crippen LogP contribution is 2.32. The number of piperazine rings is 1. The van der Waals surface area contributed by atoms with Crippen molar-refractivity contribution in [3.63, 3.8) is 0 Å². The number of amides is 2. The number of rotatable bonds is 7. The number of benzene rings is 1. The predicted molar refractivity (Wildman–Crippen MR) is 114 cm³/mol. The van der Waals surface area contributed by atoms with Gasteiger partial charge in [0.2, 0.25) is 0 Å². The van der Waals surface area contributed by atoms with E-state index in [4.69, 9.17) is 4.74 Å². The summed E-state index contributed by atoms with van der Waals surface area (Å²) >= 11 is 0. The van der Waals surface area contributed by atoms with Crippen LogP contribution in [0.2, 0.25) is 0 Å². The van der Waals surface area contributed by atoms with Gasteiger partial charge in [0.1, 0.15) is 5.75 Å². The van der Waals surface area contributed by atoms with Gasteiger partial charge in [-0.15, -0.1) is 0 Å². The number of nitrogens with zero attached hydrogens (tertiary/aromatic N) is 3. The number of β-amino-alcohol motifs (C(OH)–C–C–N with tert-alkyl or cyclic N) is 1. The molecule has 0 spiro atoms. The second kappa shape index (κ2) is 9.18. The summed E-state index contributed by atoms with van der Waals surface area (Å²) in [7, 11) is 0. The molecule has 1 N–H and O–H groups in total. The fraction of sp³-hybridized carbons (Fsp3) is 0.565. The number of aliphatic hydroxyl groups excluding tert-OH is 1. The molecular formula is C23H31N3O4. The van der Waals surface area contributed by atoms with E-state index in [-0.39, 0.29) is 18.4 Å². The van der Waals surface area contributed by atoms with Gasteiger partial charge in [-0.3, -0.25) is 19.4 Å². The van der Waals surface area contributed by atoms with Crippen molar-refractivity contribution >= 4 is 17.5 Å². The molecule has 0 bridgehead atoms. The van der Waals surface area contributed by atoms with Gasteiger partial charge in [0.15, 0.2) is 0 Å². The molecule has 1 aromatic carbocycles. The topological polar surface area (TPSA) is 73.3 Å². The van der Waals surface area contributed by atoms with Gasteiger partial charge >= 0.3 is 0 Å². The van der Waals surface area contributed by atoms with E-state index in [9.17, 15) is 14.7 Å². The van der Waals surface area contributed by atoms with E-state index < -0.39 is 6.10 Å². The molecule has 2 amide bonds. The predicted octanol–water partition coefficient (Wildman–Crippen LogP) is 1.81. The van der Waals surface area contributed by atoms with Gasteiger partial charge in [0.25, 0.3) is 11.8 Å². The van der Waals surface area contributed by atoms with Crippen LogP contribution >= 0.6 is 0 Å². The summed E-state index contributed by atoms with van der Waals surface area (Å²) in [6.45, 7) is 5.44. The van der Waals surface area contributed by atoms with E-state index in [1.54, 1.807) is 6.92 Å². The molecule has 1 saturated carbocycles. The summed E-state index contributed by atoms with van der Waals surface area (Å²) in [6.07, 6.45) is 5.68. The molecule has 1 aromatic rings. The molecular weight excluding hydrogens is 382 g/mol. The second-order valence-corrected chi connectivity index (χ2v) is 8.51. The van der Waals surface area contributed by atoms with Crippen LogP contribution in [0.5, 0.6) is 5.75 Å². The van der Waals surface area contributed by atoms with Crippen LogP contribution in [0.3, 0.4) is 0 Å². The van der Waals surface area contributed by atoms with Gasteiger partial charge in [0.05, 0.1) is 24.4 Å². The molecule has 7 nitrogen and oxygen atoms in total. The van der Waals surface area contributed by atoms with Crippen LogP contribution in [0.4, 0.5) is 5.69 Å². The normalized spacial score (nSPS) is 22.0. The quantitative estimate of drug-likeness (QED) is 0.688. The summed E-state index contributed by atoms with van der Waals surface area (Å²) in [6, 6.07) is 8.25. The third kappa shape index (κ3) is 4.68. The molecule has 162 valence electrons. The SMILES string of the molecule is CC1=CC(=O)N(CC(O)CN2CCN(c3ccccc3OC3CCCC3)CC2)C1=O. The van der Waals surface area contributed by atoms with Crippen LogP contribution in [0.1, 0.15) is 32.6 Å². The smallest absolute Gasteiger partial charge is 0.256 e. The zero-order chi connectivity index (χ0) is 21.1. The molecule has 2 heterocycles. The highest BCUT2D eigenvalue weighted by Gasteiger charge is 2.31.